The summed E-state index contributed by atoms with van der Waals surface area (Å²) >= 11 is 3.63. The average Bonchev–Trinajstić information content (AvgIpc) is 3.28. The van der Waals surface area contributed by atoms with Crippen LogP contribution in [0.4, 0.5) is 0 Å². The molecule has 1 atom stereocenters. The quantitative estimate of drug-likeness (QED) is 0.860. The summed E-state index contributed by atoms with van der Waals surface area (Å²) in [6, 6.07) is 4.42. The lowest BCUT2D eigenvalue weighted by Crippen LogP contribution is -2.31. The summed E-state index contributed by atoms with van der Waals surface area (Å²) in [5, 5.41) is 0. The Morgan fingerprint density at radius 3 is 2.60 bits per heavy atom. The average molecular weight is 340 g/mol. The molecule has 0 spiro atoms. The van der Waals surface area contributed by atoms with Gasteiger partial charge in [-0.3, -0.25) is 0 Å². The fourth-order valence-corrected chi connectivity index (χ4v) is 3.33. The Labute approximate surface area is 129 Å². The molecule has 0 heterocycles. The van der Waals surface area contributed by atoms with Crippen LogP contribution in [-0.2, 0) is 5.41 Å². The highest BCUT2D eigenvalue weighted by atomic mass is 79.9. The molecule has 3 rings (SSSR count). The SMILES string of the molecule is COc1cc(C2(C(C)N)CC2)cc(Br)c1OCC1CC1. The minimum Gasteiger partial charge on any atom is -0.493 e. The first-order valence-corrected chi connectivity index (χ1v) is 8.12. The first-order chi connectivity index (χ1) is 9.56. The van der Waals surface area contributed by atoms with E-state index in [2.05, 4.69) is 35.0 Å². The normalized spacial score (nSPS) is 21.4. The molecule has 2 fully saturated rings. The second kappa shape index (κ2) is 5.23. The zero-order valence-corrected chi connectivity index (χ0v) is 13.7. The summed E-state index contributed by atoms with van der Waals surface area (Å²) in [6.07, 6.45) is 4.88. The van der Waals surface area contributed by atoms with Gasteiger partial charge in [-0.05, 0) is 72.2 Å². The number of hydrogen-bond donors (Lipinski definition) is 1. The van der Waals surface area contributed by atoms with Crippen molar-refractivity contribution in [3.05, 3.63) is 22.2 Å². The number of hydrogen-bond acceptors (Lipinski definition) is 3. The van der Waals surface area contributed by atoms with Gasteiger partial charge in [-0.15, -0.1) is 0 Å². The van der Waals surface area contributed by atoms with Crippen LogP contribution in [0.5, 0.6) is 11.5 Å². The molecule has 0 bridgehead atoms. The maximum absolute atomic E-state index is 6.16. The third-order valence-electron chi connectivity index (χ3n) is 4.62. The van der Waals surface area contributed by atoms with Gasteiger partial charge in [0.25, 0.3) is 0 Å². The second-order valence-corrected chi connectivity index (χ2v) is 7.04. The van der Waals surface area contributed by atoms with Crippen LogP contribution in [-0.4, -0.2) is 19.8 Å². The number of methoxy groups -OCH3 is 1. The molecular weight excluding hydrogens is 318 g/mol. The molecule has 110 valence electrons. The fourth-order valence-electron chi connectivity index (χ4n) is 2.77. The number of nitrogens with two attached hydrogens (primary N) is 1. The van der Waals surface area contributed by atoms with E-state index in [9.17, 15) is 0 Å². The molecule has 2 aliphatic carbocycles. The van der Waals surface area contributed by atoms with E-state index in [0.29, 0.717) is 0 Å². The van der Waals surface area contributed by atoms with E-state index in [1.54, 1.807) is 7.11 Å². The molecule has 4 heteroatoms. The van der Waals surface area contributed by atoms with Crippen LogP contribution >= 0.6 is 15.9 Å². The molecule has 1 aromatic rings. The Morgan fingerprint density at radius 2 is 2.10 bits per heavy atom. The lowest BCUT2D eigenvalue weighted by Gasteiger charge is -2.22. The van der Waals surface area contributed by atoms with Crippen LogP contribution in [0.2, 0.25) is 0 Å². The third kappa shape index (κ3) is 2.56. The molecule has 2 saturated carbocycles. The van der Waals surface area contributed by atoms with E-state index in [0.717, 1.165) is 41.3 Å². The van der Waals surface area contributed by atoms with Gasteiger partial charge in [0.15, 0.2) is 11.5 Å². The monoisotopic (exact) mass is 339 g/mol. The number of benzene rings is 1. The zero-order valence-electron chi connectivity index (χ0n) is 12.1. The van der Waals surface area contributed by atoms with Crippen LogP contribution in [0.3, 0.4) is 0 Å². The van der Waals surface area contributed by atoms with Crippen molar-refractivity contribution in [2.75, 3.05) is 13.7 Å². The molecule has 1 unspecified atom stereocenters. The molecule has 2 N–H and O–H groups in total. The molecule has 3 nitrogen and oxygen atoms in total. The Kier molecular flexibility index (Phi) is 3.71. The van der Waals surface area contributed by atoms with Crippen molar-refractivity contribution in [3.8, 4) is 11.5 Å². The highest BCUT2D eigenvalue weighted by molar-refractivity contribution is 9.10. The third-order valence-corrected chi connectivity index (χ3v) is 5.21. The van der Waals surface area contributed by atoms with Gasteiger partial charge in [-0.2, -0.15) is 0 Å². The van der Waals surface area contributed by atoms with Crippen LogP contribution in [0.25, 0.3) is 0 Å². The molecule has 0 radical (unpaired) electrons. The molecule has 0 amide bonds. The highest BCUT2D eigenvalue weighted by Gasteiger charge is 2.48. The summed E-state index contributed by atoms with van der Waals surface area (Å²) in [5.74, 6) is 2.36. The standard InChI is InChI=1S/C16H22BrNO2/c1-10(18)16(5-6-16)12-7-13(17)15(14(8-12)19-2)20-9-11-3-4-11/h7-8,10-11H,3-6,9,18H2,1-2H3. The van der Waals surface area contributed by atoms with E-state index >= 15 is 0 Å². The van der Waals surface area contributed by atoms with Crippen LogP contribution in [0.15, 0.2) is 16.6 Å². The van der Waals surface area contributed by atoms with Gasteiger partial charge in [-0.25, -0.2) is 0 Å². The summed E-state index contributed by atoms with van der Waals surface area (Å²) in [5.41, 5.74) is 7.55. The summed E-state index contributed by atoms with van der Waals surface area (Å²) < 4.78 is 12.4. The van der Waals surface area contributed by atoms with Crippen LogP contribution in [0.1, 0.15) is 38.2 Å². The summed E-state index contributed by atoms with van der Waals surface area (Å²) in [4.78, 5) is 0. The molecule has 1 aromatic carbocycles. The molecule has 0 saturated heterocycles. The topological polar surface area (TPSA) is 44.5 Å². The summed E-state index contributed by atoms with van der Waals surface area (Å²) in [7, 11) is 1.70. The smallest absolute Gasteiger partial charge is 0.175 e. The van der Waals surface area contributed by atoms with Crippen molar-refractivity contribution >= 4 is 15.9 Å². The van der Waals surface area contributed by atoms with Crippen molar-refractivity contribution < 1.29 is 9.47 Å². The number of halogens is 1. The number of ether oxygens (including phenoxy) is 2. The highest BCUT2D eigenvalue weighted by Crippen LogP contribution is 2.53. The lowest BCUT2D eigenvalue weighted by molar-refractivity contribution is 0.278. The maximum Gasteiger partial charge on any atom is 0.175 e. The molecule has 2 aliphatic rings. The Balaban J connectivity index is 1.88. The minimum atomic E-state index is 0.130. The van der Waals surface area contributed by atoms with Crippen molar-refractivity contribution in [2.24, 2.45) is 11.7 Å². The minimum absolute atomic E-state index is 0.130. The number of rotatable bonds is 6. The van der Waals surface area contributed by atoms with Crippen molar-refractivity contribution in [1.82, 2.24) is 0 Å². The maximum atomic E-state index is 6.16. The molecule has 0 aliphatic heterocycles. The van der Waals surface area contributed by atoms with Gasteiger partial charge >= 0.3 is 0 Å². The van der Waals surface area contributed by atoms with E-state index < -0.39 is 0 Å². The Bertz CT molecular complexity index is 507. The van der Waals surface area contributed by atoms with Gasteiger partial charge in [0.1, 0.15) is 0 Å². The van der Waals surface area contributed by atoms with Crippen molar-refractivity contribution in [3.63, 3.8) is 0 Å². The lowest BCUT2D eigenvalue weighted by atomic mass is 9.89. The largest absolute Gasteiger partial charge is 0.493 e. The van der Waals surface area contributed by atoms with Crippen molar-refractivity contribution in [2.45, 2.75) is 44.1 Å². The van der Waals surface area contributed by atoms with Gasteiger partial charge in [0.2, 0.25) is 0 Å². The first-order valence-electron chi connectivity index (χ1n) is 7.33. The van der Waals surface area contributed by atoms with E-state index in [4.69, 9.17) is 15.2 Å². The Hall–Kier alpha value is -0.740. The Morgan fingerprint density at radius 1 is 1.40 bits per heavy atom. The fraction of sp³-hybridized carbons (Fsp3) is 0.625. The van der Waals surface area contributed by atoms with Gasteiger partial charge in [0.05, 0.1) is 18.2 Å². The van der Waals surface area contributed by atoms with E-state index in [-0.39, 0.29) is 11.5 Å². The molecular formula is C16H22BrNO2. The van der Waals surface area contributed by atoms with Gasteiger partial charge < -0.3 is 15.2 Å². The van der Waals surface area contributed by atoms with Crippen LogP contribution < -0.4 is 15.2 Å². The first kappa shape index (κ1) is 14.2. The van der Waals surface area contributed by atoms with E-state index in [1.807, 2.05) is 0 Å². The van der Waals surface area contributed by atoms with Crippen molar-refractivity contribution in [1.29, 1.82) is 0 Å². The van der Waals surface area contributed by atoms with Crippen LogP contribution in [0, 0.1) is 5.92 Å². The second-order valence-electron chi connectivity index (χ2n) is 6.19. The molecule has 20 heavy (non-hydrogen) atoms. The summed E-state index contributed by atoms with van der Waals surface area (Å²) in [6.45, 7) is 2.87. The van der Waals surface area contributed by atoms with E-state index in [1.165, 1.54) is 18.4 Å². The molecule has 0 aromatic heterocycles. The predicted octanol–water partition coefficient (Wildman–Crippen LogP) is 3.63. The van der Waals surface area contributed by atoms with Gasteiger partial charge in [0, 0.05) is 11.5 Å². The predicted molar refractivity (Wildman–Crippen MR) is 83.5 cm³/mol. The van der Waals surface area contributed by atoms with Gasteiger partial charge in [-0.1, -0.05) is 0 Å². The zero-order chi connectivity index (χ0) is 14.3.